The SMILES string of the molecule is NS(=O)(=O)c1ccccc1C(=O)Nc1cnc2cc(N3CCCC3)nn2c1. The zero-order chi connectivity index (χ0) is 19.0. The molecule has 0 bridgehead atoms. The molecule has 0 unspecified atom stereocenters. The van der Waals surface area contributed by atoms with Crippen molar-refractivity contribution in [2.45, 2.75) is 17.7 Å². The highest BCUT2D eigenvalue weighted by Gasteiger charge is 2.19. The van der Waals surface area contributed by atoms with E-state index < -0.39 is 15.9 Å². The van der Waals surface area contributed by atoms with Crippen LogP contribution in [0.15, 0.2) is 47.6 Å². The minimum absolute atomic E-state index is 0.0293. The smallest absolute Gasteiger partial charge is 0.257 e. The van der Waals surface area contributed by atoms with E-state index in [0.29, 0.717) is 11.3 Å². The van der Waals surface area contributed by atoms with Gasteiger partial charge in [0.1, 0.15) is 0 Å². The van der Waals surface area contributed by atoms with Crippen molar-refractivity contribution in [2.24, 2.45) is 5.14 Å². The molecule has 0 radical (unpaired) electrons. The number of benzene rings is 1. The number of sulfonamides is 1. The zero-order valence-electron chi connectivity index (χ0n) is 14.4. The number of primary sulfonamides is 1. The van der Waals surface area contributed by atoms with E-state index in [2.05, 4.69) is 20.3 Å². The lowest BCUT2D eigenvalue weighted by Crippen LogP contribution is -2.20. The Balaban J connectivity index is 1.61. The number of amides is 1. The molecule has 1 fully saturated rings. The number of aromatic nitrogens is 3. The predicted octanol–water partition coefficient (Wildman–Crippen LogP) is 1.23. The van der Waals surface area contributed by atoms with Crippen LogP contribution >= 0.6 is 0 Å². The molecule has 4 rings (SSSR count). The summed E-state index contributed by atoms with van der Waals surface area (Å²) in [5, 5.41) is 12.3. The normalized spacial score (nSPS) is 14.6. The summed E-state index contributed by atoms with van der Waals surface area (Å²) in [6.45, 7) is 1.94. The fraction of sp³-hybridized carbons (Fsp3) is 0.235. The van der Waals surface area contributed by atoms with Gasteiger partial charge in [-0.15, -0.1) is 5.10 Å². The van der Waals surface area contributed by atoms with Crippen molar-refractivity contribution in [2.75, 3.05) is 23.3 Å². The monoisotopic (exact) mass is 386 g/mol. The number of hydrogen-bond acceptors (Lipinski definition) is 6. The summed E-state index contributed by atoms with van der Waals surface area (Å²) in [7, 11) is -4.01. The molecule has 3 N–H and O–H groups in total. The van der Waals surface area contributed by atoms with Crippen LogP contribution in [0.2, 0.25) is 0 Å². The number of nitrogens with two attached hydrogens (primary N) is 1. The molecular formula is C17H18N6O3S. The van der Waals surface area contributed by atoms with Gasteiger partial charge in [-0.05, 0) is 25.0 Å². The Labute approximate surface area is 155 Å². The summed E-state index contributed by atoms with van der Waals surface area (Å²) in [6, 6.07) is 7.67. The second-order valence-electron chi connectivity index (χ2n) is 6.34. The van der Waals surface area contributed by atoms with Crippen molar-refractivity contribution in [3.05, 3.63) is 48.3 Å². The van der Waals surface area contributed by atoms with Gasteiger partial charge in [-0.3, -0.25) is 4.79 Å². The standard InChI is InChI=1S/C17H18N6O3S/c18-27(25,26)14-6-2-1-5-13(14)17(24)20-12-10-19-15-9-16(21-23(15)11-12)22-7-3-4-8-22/h1-2,5-6,9-11H,3-4,7-8H2,(H,20,24)(H2,18,25,26). The van der Waals surface area contributed by atoms with Gasteiger partial charge in [0, 0.05) is 19.2 Å². The number of fused-ring (bicyclic) bond motifs is 1. The first-order valence-corrected chi connectivity index (χ1v) is 10.00. The van der Waals surface area contributed by atoms with E-state index in [4.69, 9.17) is 5.14 Å². The average Bonchev–Trinajstić information content (AvgIpc) is 3.30. The Kier molecular flexibility index (Phi) is 4.28. The van der Waals surface area contributed by atoms with Crippen LogP contribution in [0.3, 0.4) is 0 Å². The van der Waals surface area contributed by atoms with Crippen LogP contribution < -0.4 is 15.4 Å². The van der Waals surface area contributed by atoms with Gasteiger partial charge in [-0.25, -0.2) is 23.1 Å². The first kappa shape index (κ1) is 17.4. The Morgan fingerprint density at radius 3 is 2.67 bits per heavy atom. The second-order valence-corrected chi connectivity index (χ2v) is 7.87. The molecule has 27 heavy (non-hydrogen) atoms. The number of carbonyl (C=O) groups excluding carboxylic acids is 1. The van der Waals surface area contributed by atoms with E-state index in [1.165, 1.54) is 24.4 Å². The summed E-state index contributed by atoms with van der Waals surface area (Å²) < 4.78 is 25.0. The van der Waals surface area contributed by atoms with Crippen LogP contribution in [0.5, 0.6) is 0 Å². The van der Waals surface area contributed by atoms with Crippen molar-refractivity contribution in [3.63, 3.8) is 0 Å². The molecule has 1 aromatic carbocycles. The van der Waals surface area contributed by atoms with Gasteiger partial charge in [0.25, 0.3) is 5.91 Å². The average molecular weight is 386 g/mol. The number of anilines is 2. The van der Waals surface area contributed by atoms with E-state index in [9.17, 15) is 13.2 Å². The first-order chi connectivity index (χ1) is 12.9. The Bertz CT molecular complexity index is 1120. The van der Waals surface area contributed by atoms with Crippen LogP contribution in [-0.2, 0) is 10.0 Å². The van der Waals surface area contributed by atoms with Crippen molar-refractivity contribution in [1.82, 2.24) is 14.6 Å². The maximum Gasteiger partial charge on any atom is 0.257 e. The number of nitrogens with one attached hydrogen (secondary N) is 1. The lowest BCUT2D eigenvalue weighted by atomic mass is 10.2. The molecule has 0 atom stereocenters. The molecule has 1 saturated heterocycles. The fourth-order valence-corrected chi connectivity index (χ4v) is 3.87. The minimum atomic E-state index is -4.01. The van der Waals surface area contributed by atoms with Gasteiger partial charge < -0.3 is 10.2 Å². The highest BCUT2D eigenvalue weighted by atomic mass is 32.2. The van der Waals surface area contributed by atoms with E-state index in [-0.39, 0.29) is 10.5 Å². The minimum Gasteiger partial charge on any atom is -0.355 e. The molecule has 140 valence electrons. The van der Waals surface area contributed by atoms with Crippen molar-refractivity contribution in [1.29, 1.82) is 0 Å². The molecule has 9 nitrogen and oxygen atoms in total. The zero-order valence-corrected chi connectivity index (χ0v) is 15.2. The lowest BCUT2D eigenvalue weighted by Gasteiger charge is -2.12. The highest BCUT2D eigenvalue weighted by molar-refractivity contribution is 7.89. The van der Waals surface area contributed by atoms with Gasteiger partial charge in [0.15, 0.2) is 11.5 Å². The van der Waals surface area contributed by atoms with Crippen LogP contribution in [0.1, 0.15) is 23.2 Å². The summed E-state index contributed by atoms with van der Waals surface area (Å²) in [6.07, 6.45) is 5.43. The van der Waals surface area contributed by atoms with E-state index >= 15 is 0 Å². The molecule has 0 aliphatic carbocycles. The molecule has 10 heteroatoms. The van der Waals surface area contributed by atoms with Gasteiger partial charge in [-0.2, -0.15) is 0 Å². The van der Waals surface area contributed by atoms with Crippen LogP contribution in [-0.4, -0.2) is 42.0 Å². The van der Waals surface area contributed by atoms with Gasteiger partial charge in [-0.1, -0.05) is 12.1 Å². The second kappa shape index (κ2) is 6.63. The Morgan fingerprint density at radius 2 is 1.93 bits per heavy atom. The maximum absolute atomic E-state index is 12.5. The molecule has 3 heterocycles. The van der Waals surface area contributed by atoms with Gasteiger partial charge in [0.2, 0.25) is 10.0 Å². The number of nitrogens with zero attached hydrogens (tertiary/aromatic N) is 4. The molecule has 1 aliphatic heterocycles. The van der Waals surface area contributed by atoms with E-state index in [0.717, 1.165) is 31.7 Å². The van der Waals surface area contributed by atoms with Crippen LogP contribution in [0, 0.1) is 0 Å². The van der Waals surface area contributed by atoms with Gasteiger partial charge >= 0.3 is 0 Å². The largest absolute Gasteiger partial charge is 0.355 e. The maximum atomic E-state index is 12.5. The number of carbonyl (C=O) groups is 1. The highest BCUT2D eigenvalue weighted by Crippen LogP contribution is 2.21. The molecule has 3 aromatic rings. The van der Waals surface area contributed by atoms with Crippen LogP contribution in [0.25, 0.3) is 5.65 Å². The number of rotatable bonds is 4. The van der Waals surface area contributed by atoms with Crippen molar-refractivity contribution >= 4 is 33.1 Å². The van der Waals surface area contributed by atoms with Gasteiger partial charge in [0.05, 0.1) is 28.5 Å². The lowest BCUT2D eigenvalue weighted by molar-refractivity contribution is 0.102. The van der Waals surface area contributed by atoms with Crippen LogP contribution in [0.4, 0.5) is 11.5 Å². The van der Waals surface area contributed by atoms with E-state index in [1.54, 1.807) is 16.8 Å². The summed E-state index contributed by atoms with van der Waals surface area (Å²) >= 11 is 0. The summed E-state index contributed by atoms with van der Waals surface area (Å²) in [4.78, 5) is 18.8. The van der Waals surface area contributed by atoms with Crippen molar-refractivity contribution in [3.8, 4) is 0 Å². The molecule has 1 amide bonds. The first-order valence-electron chi connectivity index (χ1n) is 8.45. The quantitative estimate of drug-likeness (QED) is 0.695. The van der Waals surface area contributed by atoms with Crippen molar-refractivity contribution < 1.29 is 13.2 Å². The Hall–Kier alpha value is -2.98. The summed E-state index contributed by atoms with van der Waals surface area (Å²) in [5.41, 5.74) is 1.03. The predicted molar refractivity (Wildman–Crippen MR) is 100 cm³/mol. The molecule has 1 aliphatic rings. The topological polar surface area (TPSA) is 123 Å². The fourth-order valence-electron chi connectivity index (χ4n) is 3.13. The summed E-state index contributed by atoms with van der Waals surface area (Å²) in [5.74, 6) is 0.260. The third-order valence-corrected chi connectivity index (χ3v) is 5.40. The molecule has 2 aromatic heterocycles. The third kappa shape index (κ3) is 3.49. The number of hydrogen-bond donors (Lipinski definition) is 2. The molecule has 0 spiro atoms. The van der Waals surface area contributed by atoms with E-state index in [1.807, 2.05) is 6.07 Å². The third-order valence-electron chi connectivity index (χ3n) is 4.43. The molecular weight excluding hydrogens is 368 g/mol. The molecule has 0 saturated carbocycles. The Morgan fingerprint density at radius 1 is 1.19 bits per heavy atom.